The number of alkyl halides is 3. The molecule has 9 heteroatoms. The summed E-state index contributed by atoms with van der Waals surface area (Å²) in [6, 6.07) is 5.69. The Morgan fingerprint density at radius 1 is 1.36 bits per heavy atom. The maximum atomic E-state index is 13.0. The molecule has 0 spiro atoms. The van der Waals surface area contributed by atoms with Crippen LogP contribution in [0.15, 0.2) is 36.8 Å². The van der Waals surface area contributed by atoms with Gasteiger partial charge >= 0.3 is 6.36 Å². The number of hydrogen-bond acceptors (Lipinski definition) is 4. The topological polar surface area (TPSA) is 56.6 Å². The first-order chi connectivity index (χ1) is 13.3. The van der Waals surface area contributed by atoms with Crippen molar-refractivity contribution in [1.29, 1.82) is 0 Å². The molecule has 1 aliphatic heterocycles. The van der Waals surface area contributed by atoms with E-state index in [0.29, 0.717) is 31.0 Å². The van der Waals surface area contributed by atoms with Gasteiger partial charge in [0, 0.05) is 39.5 Å². The largest absolute Gasteiger partial charge is 0.573 e. The lowest BCUT2D eigenvalue weighted by molar-refractivity contribution is -0.274. The summed E-state index contributed by atoms with van der Waals surface area (Å²) in [5, 5.41) is 0. The number of benzene rings is 1. The lowest BCUT2D eigenvalue weighted by Crippen LogP contribution is -2.37. The minimum absolute atomic E-state index is 0.168. The highest BCUT2D eigenvalue weighted by Gasteiger charge is 2.31. The number of imidazole rings is 1. The predicted octanol–water partition coefficient (Wildman–Crippen LogP) is 3.39. The van der Waals surface area contributed by atoms with Gasteiger partial charge in [0.15, 0.2) is 0 Å². The van der Waals surface area contributed by atoms with Crippen LogP contribution >= 0.6 is 0 Å². The fraction of sp³-hybridized carbons (Fsp3) is 0.474. The van der Waals surface area contributed by atoms with Crippen molar-refractivity contribution in [3.63, 3.8) is 0 Å². The van der Waals surface area contributed by atoms with Crippen LogP contribution in [0.3, 0.4) is 0 Å². The zero-order valence-corrected chi connectivity index (χ0v) is 15.5. The highest BCUT2D eigenvalue weighted by atomic mass is 19.4. The number of halogens is 3. The second-order valence-electron chi connectivity index (χ2n) is 6.86. The summed E-state index contributed by atoms with van der Waals surface area (Å²) in [6.07, 6.45) is 0.0801. The van der Waals surface area contributed by atoms with Crippen molar-refractivity contribution in [3.05, 3.63) is 48.0 Å². The summed E-state index contributed by atoms with van der Waals surface area (Å²) < 4.78 is 48.5. The van der Waals surface area contributed by atoms with Crippen LogP contribution in [0.25, 0.3) is 0 Å². The van der Waals surface area contributed by atoms with Crippen molar-refractivity contribution in [2.75, 3.05) is 19.8 Å². The first-order valence-electron chi connectivity index (χ1n) is 9.00. The Morgan fingerprint density at radius 3 is 2.75 bits per heavy atom. The molecule has 0 N–H and O–H groups in total. The van der Waals surface area contributed by atoms with E-state index in [1.54, 1.807) is 28.8 Å². The van der Waals surface area contributed by atoms with Crippen LogP contribution in [0.1, 0.15) is 28.9 Å². The number of carbonyl (C=O) groups is 1. The molecule has 1 aliphatic rings. The number of nitrogens with zero attached hydrogens (tertiary/aromatic N) is 3. The Hall–Kier alpha value is -2.55. The van der Waals surface area contributed by atoms with Crippen molar-refractivity contribution >= 4 is 5.91 Å². The summed E-state index contributed by atoms with van der Waals surface area (Å²) in [5.41, 5.74) is 0.857. The van der Waals surface area contributed by atoms with Gasteiger partial charge in [-0.25, -0.2) is 4.98 Å². The molecule has 2 aromatic rings. The highest BCUT2D eigenvalue weighted by molar-refractivity contribution is 5.92. The number of rotatable bonds is 6. The second kappa shape index (κ2) is 8.64. The van der Waals surface area contributed by atoms with E-state index in [-0.39, 0.29) is 24.1 Å². The first-order valence-corrected chi connectivity index (χ1v) is 9.00. The van der Waals surface area contributed by atoms with Crippen molar-refractivity contribution < 1.29 is 27.4 Å². The molecule has 0 unspecified atom stereocenters. The Morgan fingerprint density at radius 2 is 2.11 bits per heavy atom. The molecule has 1 fully saturated rings. The molecule has 0 radical (unpaired) electrons. The van der Waals surface area contributed by atoms with Crippen molar-refractivity contribution in [1.82, 2.24) is 14.5 Å². The zero-order valence-electron chi connectivity index (χ0n) is 15.5. The van der Waals surface area contributed by atoms with Crippen LogP contribution in [-0.2, 0) is 18.3 Å². The van der Waals surface area contributed by atoms with E-state index in [9.17, 15) is 18.0 Å². The van der Waals surface area contributed by atoms with E-state index >= 15 is 0 Å². The maximum absolute atomic E-state index is 13.0. The van der Waals surface area contributed by atoms with Crippen molar-refractivity contribution in [3.8, 4) is 5.75 Å². The van der Waals surface area contributed by atoms with Gasteiger partial charge in [0.25, 0.3) is 5.91 Å². The molecule has 0 atom stereocenters. The molecular weight excluding hydrogens is 375 g/mol. The van der Waals surface area contributed by atoms with Crippen molar-refractivity contribution in [2.24, 2.45) is 13.0 Å². The molecule has 3 rings (SSSR count). The number of aryl methyl sites for hydroxylation is 1. The van der Waals surface area contributed by atoms with E-state index in [1.165, 1.54) is 24.5 Å². The Kier molecular flexibility index (Phi) is 6.23. The summed E-state index contributed by atoms with van der Waals surface area (Å²) in [5.74, 6) is -0.286. The van der Waals surface area contributed by atoms with E-state index in [0.717, 1.165) is 12.8 Å². The fourth-order valence-electron chi connectivity index (χ4n) is 3.21. The molecule has 0 saturated carbocycles. The quantitative estimate of drug-likeness (QED) is 0.750. The number of aromatic nitrogens is 2. The van der Waals surface area contributed by atoms with E-state index in [2.05, 4.69) is 9.72 Å². The second-order valence-corrected chi connectivity index (χ2v) is 6.86. The average molecular weight is 397 g/mol. The third-order valence-electron chi connectivity index (χ3n) is 4.54. The summed E-state index contributed by atoms with van der Waals surface area (Å²) >= 11 is 0. The number of hydrogen-bond donors (Lipinski definition) is 0. The van der Waals surface area contributed by atoms with Gasteiger partial charge in [-0.2, -0.15) is 0 Å². The number of amides is 1. The van der Waals surface area contributed by atoms with Crippen LogP contribution in [0.2, 0.25) is 0 Å². The lowest BCUT2D eigenvalue weighted by atomic mass is 9.99. The molecule has 0 bridgehead atoms. The average Bonchev–Trinajstić information content (AvgIpc) is 3.07. The number of carbonyl (C=O) groups excluding carboxylic acids is 1. The fourth-order valence-corrected chi connectivity index (χ4v) is 3.21. The standard InChI is InChI=1S/C19H22F3N3O3/c1-24-12-17(23-13-24)18(26)25(10-14-5-7-27-8-6-14)11-15-3-2-4-16(9-15)28-19(20,21)22/h2-4,9,12-14H,5-8,10-11H2,1H3. The Labute approximate surface area is 160 Å². The molecule has 1 aromatic heterocycles. The van der Waals surface area contributed by atoms with Gasteiger partial charge in [0.05, 0.1) is 6.33 Å². The first kappa shape index (κ1) is 20.2. The molecular formula is C19H22F3N3O3. The van der Waals surface area contributed by atoms with Crippen molar-refractivity contribution in [2.45, 2.75) is 25.7 Å². The SMILES string of the molecule is Cn1cnc(C(=O)N(Cc2cccc(OC(F)(F)F)c2)CC2CCOCC2)c1. The van der Waals surface area contributed by atoms with Gasteiger partial charge in [-0.3, -0.25) is 4.79 Å². The van der Waals surface area contributed by atoms with Gasteiger partial charge in [0.1, 0.15) is 11.4 Å². The monoisotopic (exact) mass is 397 g/mol. The molecule has 28 heavy (non-hydrogen) atoms. The van der Waals surface area contributed by atoms with Crippen LogP contribution in [0.5, 0.6) is 5.75 Å². The van der Waals surface area contributed by atoms with Crippen LogP contribution in [0.4, 0.5) is 13.2 Å². The molecule has 152 valence electrons. The molecule has 1 amide bonds. The summed E-state index contributed by atoms with van der Waals surface area (Å²) in [6.45, 7) is 1.95. The smallest absolute Gasteiger partial charge is 0.406 e. The Balaban J connectivity index is 1.78. The molecule has 2 heterocycles. The highest BCUT2D eigenvalue weighted by Crippen LogP contribution is 2.25. The van der Waals surface area contributed by atoms with E-state index in [4.69, 9.17) is 4.74 Å². The van der Waals surface area contributed by atoms with E-state index in [1.807, 2.05) is 0 Å². The predicted molar refractivity (Wildman–Crippen MR) is 94.6 cm³/mol. The Bertz CT molecular complexity index is 801. The van der Waals surface area contributed by atoms with Crippen LogP contribution < -0.4 is 4.74 Å². The molecule has 1 saturated heterocycles. The minimum atomic E-state index is -4.76. The maximum Gasteiger partial charge on any atom is 0.573 e. The third kappa shape index (κ3) is 5.72. The summed E-state index contributed by atoms with van der Waals surface area (Å²) in [4.78, 5) is 18.7. The van der Waals surface area contributed by atoms with E-state index < -0.39 is 6.36 Å². The molecule has 1 aromatic carbocycles. The lowest BCUT2D eigenvalue weighted by Gasteiger charge is -2.29. The summed E-state index contributed by atoms with van der Waals surface area (Å²) in [7, 11) is 1.77. The van der Waals surface area contributed by atoms with Gasteiger partial charge < -0.3 is 18.9 Å². The van der Waals surface area contributed by atoms with Crippen LogP contribution in [-0.4, -0.2) is 46.5 Å². The van der Waals surface area contributed by atoms with Crippen LogP contribution in [0, 0.1) is 5.92 Å². The zero-order chi connectivity index (χ0) is 20.1. The third-order valence-corrected chi connectivity index (χ3v) is 4.54. The minimum Gasteiger partial charge on any atom is -0.406 e. The molecule has 0 aliphatic carbocycles. The van der Waals surface area contributed by atoms with Gasteiger partial charge in [-0.15, -0.1) is 13.2 Å². The van der Waals surface area contributed by atoms with Gasteiger partial charge in [-0.1, -0.05) is 12.1 Å². The van der Waals surface area contributed by atoms with Gasteiger partial charge in [0.2, 0.25) is 0 Å². The number of ether oxygens (including phenoxy) is 2. The molecule has 6 nitrogen and oxygen atoms in total. The van der Waals surface area contributed by atoms with Gasteiger partial charge in [-0.05, 0) is 36.5 Å². The normalized spacial score (nSPS) is 15.4.